The number of pyridine rings is 1. The van der Waals surface area contributed by atoms with Crippen LogP contribution in [0.15, 0.2) is 85.2 Å². The molecule has 0 saturated carbocycles. The Balaban J connectivity index is 1.70. The Hall–Kier alpha value is -4.30. The van der Waals surface area contributed by atoms with Crippen molar-refractivity contribution in [3.05, 3.63) is 107 Å². The molecule has 3 N–H and O–H groups in total. The number of aromatic nitrogens is 1. The van der Waals surface area contributed by atoms with E-state index in [2.05, 4.69) is 10.3 Å². The lowest BCUT2D eigenvalue weighted by Gasteiger charge is -2.23. The molecule has 8 heteroatoms. The maximum atomic E-state index is 12.9. The summed E-state index contributed by atoms with van der Waals surface area (Å²) < 4.78 is 0. The van der Waals surface area contributed by atoms with E-state index in [4.69, 9.17) is 5.21 Å². The maximum Gasteiger partial charge on any atom is 0.324 e. The Bertz CT molecular complexity index is 1100. The molecule has 4 amide bonds. The second-order valence-electron chi connectivity index (χ2n) is 7.20. The van der Waals surface area contributed by atoms with Crippen LogP contribution in [0.4, 0.5) is 4.79 Å². The van der Waals surface area contributed by atoms with Crippen LogP contribution in [0, 0.1) is 0 Å². The van der Waals surface area contributed by atoms with Gasteiger partial charge in [0.15, 0.2) is 0 Å². The quantitative estimate of drug-likeness (QED) is 0.281. The molecule has 3 rings (SSSR count). The van der Waals surface area contributed by atoms with E-state index in [1.165, 1.54) is 11.6 Å². The van der Waals surface area contributed by atoms with E-state index in [0.717, 1.165) is 16.7 Å². The summed E-state index contributed by atoms with van der Waals surface area (Å²) >= 11 is 0. The molecular formula is C25H24N4O4. The number of nitrogens with one attached hydrogen (secondary N) is 2. The molecule has 0 saturated heterocycles. The van der Waals surface area contributed by atoms with Gasteiger partial charge in [-0.05, 0) is 53.5 Å². The Morgan fingerprint density at radius 1 is 0.909 bits per heavy atom. The zero-order chi connectivity index (χ0) is 23.5. The summed E-state index contributed by atoms with van der Waals surface area (Å²) in [5.74, 6) is -1.08. The van der Waals surface area contributed by atoms with Crippen molar-refractivity contribution in [1.82, 2.24) is 20.7 Å². The number of hydrogen-bond donors (Lipinski definition) is 3. The van der Waals surface area contributed by atoms with Crippen molar-refractivity contribution in [2.75, 3.05) is 6.54 Å². The maximum absolute atomic E-state index is 12.9. The van der Waals surface area contributed by atoms with Crippen LogP contribution in [0.2, 0.25) is 0 Å². The Kier molecular flexibility index (Phi) is 8.44. The lowest BCUT2D eigenvalue weighted by molar-refractivity contribution is -0.124. The summed E-state index contributed by atoms with van der Waals surface area (Å²) in [7, 11) is 0. The third-order valence-corrected chi connectivity index (χ3v) is 4.85. The molecule has 168 valence electrons. The van der Waals surface area contributed by atoms with Crippen LogP contribution >= 0.6 is 0 Å². The lowest BCUT2D eigenvalue weighted by atomic mass is 10.1. The minimum Gasteiger partial charge on any atom is -0.320 e. The van der Waals surface area contributed by atoms with Gasteiger partial charge in [-0.25, -0.2) is 10.3 Å². The van der Waals surface area contributed by atoms with Crippen molar-refractivity contribution >= 4 is 23.9 Å². The fourth-order valence-corrected chi connectivity index (χ4v) is 3.07. The zero-order valence-corrected chi connectivity index (χ0v) is 17.8. The molecule has 0 aliphatic heterocycles. The van der Waals surface area contributed by atoms with Crippen molar-refractivity contribution in [3.63, 3.8) is 0 Å². The minimum atomic E-state index is -0.624. The van der Waals surface area contributed by atoms with Crippen LogP contribution in [0.3, 0.4) is 0 Å². The zero-order valence-electron chi connectivity index (χ0n) is 17.8. The number of imide groups is 1. The first-order valence-electron chi connectivity index (χ1n) is 10.3. The highest BCUT2D eigenvalue weighted by Gasteiger charge is 2.18. The van der Waals surface area contributed by atoms with Crippen molar-refractivity contribution in [3.8, 4) is 0 Å². The molecule has 0 aliphatic rings. The van der Waals surface area contributed by atoms with Crippen molar-refractivity contribution in [1.29, 1.82) is 0 Å². The average molecular weight is 444 g/mol. The molecule has 0 atom stereocenters. The lowest BCUT2D eigenvalue weighted by Crippen LogP contribution is -2.43. The van der Waals surface area contributed by atoms with E-state index in [1.54, 1.807) is 65.8 Å². The smallest absolute Gasteiger partial charge is 0.320 e. The number of rotatable bonds is 8. The van der Waals surface area contributed by atoms with Gasteiger partial charge in [0.1, 0.15) is 0 Å². The predicted octanol–water partition coefficient (Wildman–Crippen LogP) is 3.19. The molecule has 33 heavy (non-hydrogen) atoms. The summed E-state index contributed by atoms with van der Waals surface area (Å²) in [6.07, 6.45) is 6.76. The van der Waals surface area contributed by atoms with E-state index in [1.807, 2.05) is 24.3 Å². The standard InChI is InChI=1S/C25H24N4O4/c30-23(28-33)11-10-19-6-8-21(9-7-19)18-29(17-14-20-12-15-26-16-13-20)25(32)27-24(31)22-4-2-1-3-5-22/h1-13,15-16,33H,14,17-18H2,(H,28,30)(H,27,31,32)/b11-10+. The Morgan fingerprint density at radius 2 is 1.61 bits per heavy atom. The van der Waals surface area contributed by atoms with Gasteiger partial charge in [0.25, 0.3) is 11.8 Å². The highest BCUT2D eigenvalue weighted by Crippen LogP contribution is 2.11. The van der Waals surface area contributed by atoms with E-state index in [9.17, 15) is 14.4 Å². The van der Waals surface area contributed by atoms with Crippen molar-refractivity contribution < 1.29 is 19.6 Å². The highest BCUT2D eigenvalue weighted by atomic mass is 16.5. The molecule has 3 aromatic rings. The van der Waals surface area contributed by atoms with Crippen LogP contribution in [-0.2, 0) is 17.8 Å². The minimum absolute atomic E-state index is 0.292. The molecule has 0 fully saturated rings. The molecule has 2 aromatic carbocycles. The molecule has 0 radical (unpaired) electrons. The molecular weight excluding hydrogens is 420 g/mol. The van der Waals surface area contributed by atoms with Gasteiger partial charge in [0.05, 0.1) is 0 Å². The van der Waals surface area contributed by atoms with Crippen LogP contribution in [0.25, 0.3) is 6.08 Å². The van der Waals surface area contributed by atoms with Gasteiger partial charge in [-0.2, -0.15) is 0 Å². The van der Waals surface area contributed by atoms with Gasteiger partial charge in [-0.3, -0.25) is 25.1 Å². The van der Waals surface area contributed by atoms with Gasteiger partial charge >= 0.3 is 6.03 Å². The van der Waals surface area contributed by atoms with Crippen molar-refractivity contribution in [2.45, 2.75) is 13.0 Å². The van der Waals surface area contributed by atoms with Crippen LogP contribution in [-0.4, -0.2) is 39.5 Å². The van der Waals surface area contributed by atoms with E-state index in [0.29, 0.717) is 25.1 Å². The second-order valence-corrected chi connectivity index (χ2v) is 7.20. The Morgan fingerprint density at radius 3 is 2.27 bits per heavy atom. The first-order valence-corrected chi connectivity index (χ1v) is 10.3. The van der Waals surface area contributed by atoms with Crippen LogP contribution in [0.1, 0.15) is 27.0 Å². The third-order valence-electron chi connectivity index (χ3n) is 4.85. The molecule has 8 nitrogen and oxygen atoms in total. The predicted molar refractivity (Wildman–Crippen MR) is 123 cm³/mol. The molecule has 0 aliphatic carbocycles. The topological polar surface area (TPSA) is 112 Å². The van der Waals surface area contributed by atoms with Gasteiger partial charge in [0, 0.05) is 37.1 Å². The number of urea groups is 1. The first-order chi connectivity index (χ1) is 16.0. The summed E-state index contributed by atoms with van der Waals surface area (Å²) in [6.45, 7) is 0.691. The largest absolute Gasteiger partial charge is 0.324 e. The summed E-state index contributed by atoms with van der Waals surface area (Å²) in [5.41, 5.74) is 4.58. The molecule has 0 unspecified atom stereocenters. The van der Waals surface area contributed by atoms with E-state index >= 15 is 0 Å². The number of amides is 4. The number of carbonyl (C=O) groups is 3. The SMILES string of the molecule is O=C(/C=C/c1ccc(CN(CCc2ccncc2)C(=O)NC(=O)c2ccccc2)cc1)NO. The van der Waals surface area contributed by atoms with Gasteiger partial charge < -0.3 is 4.90 Å². The van der Waals surface area contributed by atoms with Gasteiger partial charge in [-0.1, -0.05) is 42.5 Å². The first kappa shape index (κ1) is 23.4. The summed E-state index contributed by atoms with van der Waals surface area (Å²) in [6, 6.07) is 19.1. The molecule has 1 heterocycles. The summed E-state index contributed by atoms with van der Waals surface area (Å²) in [5, 5.41) is 11.0. The number of hydrogen-bond acceptors (Lipinski definition) is 5. The highest BCUT2D eigenvalue weighted by molar-refractivity contribution is 6.04. The number of hydroxylamine groups is 1. The number of nitrogens with zero attached hydrogens (tertiary/aromatic N) is 2. The van der Waals surface area contributed by atoms with Gasteiger partial charge in [-0.15, -0.1) is 0 Å². The van der Waals surface area contributed by atoms with Crippen molar-refractivity contribution in [2.24, 2.45) is 0 Å². The number of carbonyl (C=O) groups excluding carboxylic acids is 3. The monoisotopic (exact) mass is 444 g/mol. The fraction of sp³-hybridized carbons (Fsp3) is 0.120. The van der Waals surface area contributed by atoms with Gasteiger partial charge in [0.2, 0.25) is 0 Å². The summed E-state index contributed by atoms with van der Waals surface area (Å²) in [4.78, 5) is 42.1. The fourth-order valence-electron chi connectivity index (χ4n) is 3.07. The van der Waals surface area contributed by atoms with E-state index < -0.39 is 17.8 Å². The average Bonchev–Trinajstić information content (AvgIpc) is 2.86. The third kappa shape index (κ3) is 7.41. The number of benzene rings is 2. The molecule has 0 bridgehead atoms. The Labute approximate surface area is 191 Å². The van der Waals surface area contributed by atoms with Crippen LogP contribution in [0.5, 0.6) is 0 Å². The second kappa shape index (κ2) is 11.9. The van der Waals surface area contributed by atoms with E-state index in [-0.39, 0.29) is 0 Å². The normalized spacial score (nSPS) is 10.6. The van der Waals surface area contributed by atoms with Crippen LogP contribution < -0.4 is 10.8 Å². The molecule has 0 spiro atoms. The molecule has 1 aromatic heterocycles.